The fourth-order valence-electron chi connectivity index (χ4n) is 2.94. The van der Waals surface area contributed by atoms with Crippen LogP contribution in [0.3, 0.4) is 0 Å². The minimum absolute atomic E-state index is 0.315. The van der Waals surface area contributed by atoms with E-state index >= 15 is 0 Å². The number of benzene rings is 2. The largest absolute Gasteiger partial charge is 0.361 e. The zero-order valence-corrected chi connectivity index (χ0v) is 16.6. The van der Waals surface area contributed by atoms with Crippen molar-refractivity contribution in [1.29, 1.82) is 0 Å². The van der Waals surface area contributed by atoms with E-state index in [0.29, 0.717) is 23.1 Å². The van der Waals surface area contributed by atoms with Crippen LogP contribution in [0.25, 0.3) is 0 Å². The summed E-state index contributed by atoms with van der Waals surface area (Å²) in [5.41, 5.74) is 1.60. The molecule has 2 heterocycles. The maximum Gasteiger partial charge on any atom is 0.162 e. The van der Waals surface area contributed by atoms with Crippen LogP contribution >= 0.6 is 23.2 Å². The molecule has 9 nitrogen and oxygen atoms in total. The Balaban J connectivity index is 1.69. The van der Waals surface area contributed by atoms with Crippen LogP contribution in [-0.2, 0) is 17.8 Å². The first kappa shape index (κ1) is 19.4. The van der Waals surface area contributed by atoms with Crippen molar-refractivity contribution in [2.75, 3.05) is 0 Å². The van der Waals surface area contributed by atoms with Gasteiger partial charge >= 0.3 is 0 Å². The summed E-state index contributed by atoms with van der Waals surface area (Å²) in [5, 5.41) is 24.8. The van der Waals surface area contributed by atoms with Crippen LogP contribution in [0.5, 0.6) is 0 Å². The molecule has 0 aliphatic carbocycles. The van der Waals surface area contributed by atoms with Crippen molar-refractivity contribution in [3.05, 3.63) is 82.4 Å². The molecule has 0 radical (unpaired) electrons. The third-order valence-electron chi connectivity index (χ3n) is 4.27. The molecule has 0 bridgehead atoms. The van der Waals surface area contributed by atoms with Crippen molar-refractivity contribution >= 4 is 23.2 Å². The van der Waals surface area contributed by atoms with Gasteiger partial charge < -0.3 is 4.74 Å². The van der Waals surface area contributed by atoms with Gasteiger partial charge in [0.1, 0.15) is 12.2 Å². The molecule has 2 aromatic heterocycles. The summed E-state index contributed by atoms with van der Waals surface area (Å²) in [7, 11) is 0. The summed E-state index contributed by atoms with van der Waals surface area (Å²) in [6.07, 6.45) is 1.80. The van der Waals surface area contributed by atoms with Crippen molar-refractivity contribution in [1.82, 2.24) is 40.4 Å². The molecule has 0 saturated heterocycles. The zero-order valence-electron chi connectivity index (χ0n) is 15.1. The van der Waals surface area contributed by atoms with E-state index in [1.165, 1.54) is 22.2 Å². The lowest BCUT2D eigenvalue weighted by atomic mass is 10.1. The Morgan fingerprint density at radius 2 is 1.17 bits per heavy atom. The molecule has 0 amide bonds. The number of rotatable bonds is 8. The first-order valence-electron chi connectivity index (χ1n) is 8.76. The summed E-state index contributed by atoms with van der Waals surface area (Å²) in [4.78, 5) is 2.90. The maximum atomic E-state index is 6.50. The van der Waals surface area contributed by atoms with Crippen LogP contribution in [-0.4, -0.2) is 40.4 Å². The SMILES string of the molecule is Clc1ccccc1C(Cn1ncnn1)OC(Cn1ncnn1)c1ccccc1Cl. The van der Waals surface area contributed by atoms with Crippen molar-refractivity contribution in [2.45, 2.75) is 25.3 Å². The normalized spacial score (nSPS) is 13.3. The van der Waals surface area contributed by atoms with Crippen molar-refractivity contribution in [2.24, 2.45) is 0 Å². The van der Waals surface area contributed by atoms with Crippen LogP contribution in [0.15, 0.2) is 61.2 Å². The van der Waals surface area contributed by atoms with E-state index in [9.17, 15) is 0 Å². The molecule has 2 unspecified atom stereocenters. The molecule has 0 fully saturated rings. The van der Waals surface area contributed by atoms with Gasteiger partial charge in [-0.25, -0.2) is 0 Å². The van der Waals surface area contributed by atoms with Crippen LogP contribution < -0.4 is 0 Å². The highest BCUT2D eigenvalue weighted by molar-refractivity contribution is 6.31. The lowest BCUT2D eigenvalue weighted by molar-refractivity contribution is -0.0395. The highest BCUT2D eigenvalue weighted by atomic mass is 35.5. The van der Waals surface area contributed by atoms with E-state index in [0.717, 1.165) is 11.1 Å². The van der Waals surface area contributed by atoms with Crippen molar-refractivity contribution in [3.63, 3.8) is 0 Å². The van der Waals surface area contributed by atoms with Crippen molar-refractivity contribution < 1.29 is 4.74 Å². The molecule has 148 valence electrons. The van der Waals surface area contributed by atoms with Crippen LogP contribution in [0.2, 0.25) is 10.0 Å². The summed E-state index contributed by atoms with van der Waals surface area (Å²) in [6.45, 7) is 0.630. The minimum atomic E-state index is -0.470. The monoisotopic (exact) mass is 430 g/mol. The number of hydrogen-bond donors (Lipinski definition) is 0. The summed E-state index contributed by atoms with van der Waals surface area (Å²) in [6, 6.07) is 15.0. The molecule has 11 heteroatoms. The molecule has 0 saturated carbocycles. The fraction of sp³-hybridized carbons (Fsp3) is 0.222. The van der Waals surface area contributed by atoms with Gasteiger partial charge in [0.15, 0.2) is 12.7 Å². The Morgan fingerprint density at radius 1 is 0.724 bits per heavy atom. The van der Waals surface area contributed by atoms with Crippen LogP contribution in [0.4, 0.5) is 0 Å². The Bertz CT molecular complexity index is 958. The molecular formula is C18H16Cl2N8O. The molecule has 2 atom stereocenters. The Kier molecular flexibility index (Phi) is 6.09. The number of ether oxygens (including phenoxy) is 1. The van der Waals surface area contributed by atoms with E-state index in [4.69, 9.17) is 27.9 Å². The number of hydrogen-bond acceptors (Lipinski definition) is 7. The average Bonchev–Trinajstić information content (AvgIpc) is 3.42. The third kappa shape index (κ3) is 4.76. The third-order valence-corrected chi connectivity index (χ3v) is 4.96. The first-order valence-corrected chi connectivity index (χ1v) is 9.52. The smallest absolute Gasteiger partial charge is 0.162 e. The lowest BCUT2D eigenvalue weighted by Crippen LogP contribution is -2.22. The van der Waals surface area contributed by atoms with Gasteiger partial charge in [0, 0.05) is 21.2 Å². The predicted octanol–water partition coefficient (Wildman–Crippen LogP) is 3.17. The van der Waals surface area contributed by atoms with Gasteiger partial charge in [-0.3, -0.25) is 0 Å². The Labute approximate surface area is 176 Å². The Morgan fingerprint density at radius 3 is 1.55 bits per heavy atom. The second-order valence-electron chi connectivity index (χ2n) is 6.14. The Hall–Kier alpha value is -2.88. The molecule has 0 aliphatic heterocycles. The van der Waals surface area contributed by atoms with Gasteiger partial charge in [-0.15, -0.1) is 20.4 Å². The second kappa shape index (κ2) is 9.08. The summed E-state index contributed by atoms with van der Waals surface area (Å²) < 4.78 is 6.50. The minimum Gasteiger partial charge on any atom is -0.361 e. The molecular weight excluding hydrogens is 415 g/mol. The topological polar surface area (TPSA) is 96.4 Å². The highest BCUT2D eigenvalue weighted by Gasteiger charge is 2.25. The van der Waals surface area contributed by atoms with E-state index in [2.05, 4.69) is 30.8 Å². The number of halogens is 2. The molecule has 4 aromatic rings. The van der Waals surface area contributed by atoms with Crippen molar-refractivity contribution in [3.8, 4) is 0 Å². The number of nitrogens with zero attached hydrogens (tertiary/aromatic N) is 8. The van der Waals surface area contributed by atoms with Gasteiger partial charge in [-0.05, 0) is 22.6 Å². The van der Waals surface area contributed by atoms with Gasteiger partial charge in [0.25, 0.3) is 0 Å². The number of tetrazole rings is 2. The molecule has 4 rings (SSSR count). The lowest BCUT2D eigenvalue weighted by Gasteiger charge is -2.26. The fourth-order valence-corrected chi connectivity index (χ4v) is 3.46. The summed E-state index contributed by atoms with van der Waals surface area (Å²) >= 11 is 12.9. The molecule has 0 aliphatic rings. The first-order chi connectivity index (χ1) is 14.2. The van der Waals surface area contributed by atoms with Gasteiger partial charge in [0.2, 0.25) is 0 Å². The maximum absolute atomic E-state index is 6.50. The second-order valence-corrected chi connectivity index (χ2v) is 6.95. The highest BCUT2D eigenvalue weighted by Crippen LogP contribution is 2.34. The zero-order chi connectivity index (χ0) is 20.1. The standard InChI is InChI=1S/C18H16Cl2N8O/c19-15-7-3-1-5-13(15)17(9-27-23-11-21-25-27)29-18(10-28-24-12-22-26-28)14-6-2-4-8-16(14)20/h1-8,11-12,17-18H,9-10H2. The molecule has 2 aromatic carbocycles. The molecule has 0 N–H and O–H groups in total. The van der Waals surface area contributed by atoms with E-state index in [1.54, 1.807) is 0 Å². The van der Waals surface area contributed by atoms with Crippen LogP contribution in [0, 0.1) is 0 Å². The summed E-state index contributed by atoms with van der Waals surface area (Å²) in [5.74, 6) is 0. The molecule has 0 spiro atoms. The van der Waals surface area contributed by atoms with E-state index in [-0.39, 0.29) is 0 Å². The number of aromatic nitrogens is 8. The van der Waals surface area contributed by atoms with E-state index < -0.39 is 12.2 Å². The van der Waals surface area contributed by atoms with Gasteiger partial charge in [-0.1, -0.05) is 59.6 Å². The quantitative estimate of drug-likeness (QED) is 0.423. The van der Waals surface area contributed by atoms with Gasteiger partial charge in [-0.2, -0.15) is 9.59 Å². The van der Waals surface area contributed by atoms with Crippen LogP contribution in [0.1, 0.15) is 23.3 Å². The van der Waals surface area contributed by atoms with E-state index in [1.807, 2.05) is 48.5 Å². The predicted molar refractivity (Wildman–Crippen MR) is 105 cm³/mol. The van der Waals surface area contributed by atoms with Gasteiger partial charge in [0.05, 0.1) is 13.1 Å². The average molecular weight is 431 g/mol. The molecule has 29 heavy (non-hydrogen) atoms.